The summed E-state index contributed by atoms with van der Waals surface area (Å²) in [4.78, 5) is 34.2. The molecule has 0 radical (unpaired) electrons. The fourth-order valence-electron chi connectivity index (χ4n) is 1.74. The van der Waals surface area contributed by atoms with E-state index < -0.39 is 10.9 Å². The Morgan fingerprint density at radius 3 is 2.55 bits per heavy atom. The van der Waals surface area contributed by atoms with Crippen LogP contribution in [0, 0.1) is 10.1 Å². The molecule has 0 aliphatic carbocycles. The van der Waals surface area contributed by atoms with Gasteiger partial charge in [0, 0.05) is 31.1 Å². The Kier molecular flexibility index (Phi) is 4.88. The van der Waals surface area contributed by atoms with Crippen molar-refractivity contribution in [1.82, 2.24) is 4.90 Å². The molecule has 0 atom stereocenters. The van der Waals surface area contributed by atoms with E-state index in [0.29, 0.717) is 10.5 Å². The molecule has 0 unspecified atom stereocenters. The summed E-state index contributed by atoms with van der Waals surface area (Å²) in [6.45, 7) is -0.0371. The summed E-state index contributed by atoms with van der Waals surface area (Å²) < 4.78 is 0.277. The molecule has 0 spiro atoms. The fourth-order valence-corrected chi connectivity index (χ4v) is 3.05. The molecule has 0 saturated carbocycles. The Balaban J connectivity index is 2.15. The monoisotopic (exact) mass is 337 g/mol. The first-order valence-electron chi connectivity index (χ1n) is 6.08. The molecule has 0 bridgehead atoms. The number of carbonyl (C=O) groups excluding carboxylic acids is 2. The average Bonchev–Trinajstić information content (AvgIpc) is 2.72. The first kappa shape index (κ1) is 16.1. The standard InChI is InChI=1S/C13H10N2O5S2/c16-11(17)5-6-14-12(18)10(22-13(14)21)7-8-1-3-9(4-2-8)15(19)20/h1-4,7H,5-6H2,(H,16,17)/p-1. The number of nitro benzene ring substituents is 1. The zero-order chi connectivity index (χ0) is 16.3. The van der Waals surface area contributed by atoms with E-state index in [1.54, 1.807) is 6.08 Å². The van der Waals surface area contributed by atoms with Gasteiger partial charge in [-0.25, -0.2) is 0 Å². The van der Waals surface area contributed by atoms with Gasteiger partial charge in [-0.15, -0.1) is 0 Å². The summed E-state index contributed by atoms with van der Waals surface area (Å²) in [5, 5.41) is 21.0. The van der Waals surface area contributed by atoms with Gasteiger partial charge < -0.3 is 9.90 Å². The number of thioether (sulfide) groups is 1. The van der Waals surface area contributed by atoms with Crippen molar-refractivity contribution in [2.45, 2.75) is 6.42 Å². The second-order valence-electron chi connectivity index (χ2n) is 4.30. The molecule has 1 saturated heterocycles. The minimum Gasteiger partial charge on any atom is -0.550 e. The van der Waals surface area contributed by atoms with E-state index in [0.717, 1.165) is 11.8 Å². The molecule has 9 heteroatoms. The Morgan fingerprint density at radius 1 is 1.36 bits per heavy atom. The summed E-state index contributed by atoms with van der Waals surface area (Å²) in [6.07, 6.45) is 1.26. The molecular formula is C13H9N2O5S2-. The number of carbonyl (C=O) groups is 2. The maximum absolute atomic E-state index is 12.1. The number of amides is 1. The minimum absolute atomic E-state index is 0.0371. The Morgan fingerprint density at radius 2 is 2.00 bits per heavy atom. The highest BCUT2D eigenvalue weighted by atomic mass is 32.2. The molecule has 1 aliphatic rings. The Labute approximate surface area is 134 Å². The quantitative estimate of drug-likeness (QED) is 0.341. The van der Waals surface area contributed by atoms with Crippen molar-refractivity contribution in [2.24, 2.45) is 0 Å². The maximum Gasteiger partial charge on any atom is 0.269 e. The number of carboxylic acids is 1. The van der Waals surface area contributed by atoms with Crippen molar-refractivity contribution < 1.29 is 19.6 Å². The van der Waals surface area contributed by atoms with Crippen LogP contribution in [0.2, 0.25) is 0 Å². The third-order valence-corrected chi connectivity index (χ3v) is 4.19. The second kappa shape index (κ2) is 6.67. The number of aliphatic carboxylic acids is 1. The lowest BCUT2D eigenvalue weighted by atomic mass is 10.2. The molecule has 1 fully saturated rings. The summed E-state index contributed by atoms with van der Waals surface area (Å²) in [6, 6.07) is 5.71. The van der Waals surface area contributed by atoms with Crippen molar-refractivity contribution in [2.75, 3.05) is 6.54 Å². The van der Waals surface area contributed by atoms with E-state index in [9.17, 15) is 24.8 Å². The van der Waals surface area contributed by atoms with E-state index in [4.69, 9.17) is 12.2 Å². The number of non-ortho nitro benzene ring substituents is 1. The molecular weight excluding hydrogens is 328 g/mol. The third kappa shape index (κ3) is 3.68. The molecule has 7 nitrogen and oxygen atoms in total. The third-order valence-electron chi connectivity index (χ3n) is 2.81. The number of hydrogen-bond acceptors (Lipinski definition) is 7. The number of rotatable bonds is 5. The molecule has 1 aromatic carbocycles. The van der Waals surface area contributed by atoms with Gasteiger partial charge in [-0.2, -0.15) is 0 Å². The highest BCUT2D eigenvalue weighted by Gasteiger charge is 2.31. The second-order valence-corrected chi connectivity index (χ2v) is 5.98. The van der Waals surface area contributed by atoms with Crippen molar-refractivity contribution in [1.29, 1.82) is 0 Å². The van der Waals surface area contributed by atoms with Crippen LogP contribution >= 0.6 is 24.0 Å². The van der Waals surface area contributed by atoms with Crippen LogP contribution in [-0.2, 0) is 9.59 Å². The highest BCUT2D eigenvalue weighted by molar-refractivity contribution is 8.26. The molecule has 114 valence electrons. The summed E-state index contributed by atoms with van der Waals surface area (Å²) in [5.41, 5.74) is 0.574. The van der Waals surface area contributed by atoms with Gasteiger partial charge in [-0.3, -0.25) is 19.8 Å². The van der Waals surface area contributed by atoms with Gasteiger partial charge >= 0.3 is 0 Å². The Bertz CT molecular complexity index is 684. The van der Waals surface area contributed by atoms with Crippen molar-refractivity contribution in [3.8, 4) is 0 Å². The van der Waals surface area contributed by atoms with Crippen molar-refractivity contribution in [3.05, 3.63) is 44.8 Å². The van der Waals surface area contributed by atoms with Gasteiger partial charge in [-0.05, 0) is 23.8 Å². The number of nitrogens with zero attached hydrogens (tertiary/aromatic N) is 2. The molecule has 1 amide bonds. The van der Waals surface area contributed by atoms with E-state index in [1.165, 1.54) is 29.2 Å². The lowest BCUT2D eigenvalue weighted by Crippen LogP contribution is -2.33. The Hall–Kier alpha value is -2.26. The van der Waals surface area contributed by atoms with Crippen LogP contribution in [-0.4, -0.2) is 32.6 Å². The van der Waals surface area contributed by atoms with Crippen LogP contribution in [0.15, 0.2) is 29.2 Å². The number of carboxylic acid groups (broad SMARTS) is 1. The molecule has 1 heterocycles. The number of hydrogen-bond donors (Lipinski definition) is 0. The van der Waals surface area contributed by atoms with Crippen LogP contribution in [0.5, 0.6) is 0 Å². The molecule has 0 N–H and O–H groups in total. The average molecular weight is 337 g/mol. The molecule has 0 aromatic heterocycles. The fraction of sp³-hybridized carbons (Fsp3) is 0.154. The largest absolute Gasteiger partial charge is 0.550 e. The van der Waals surface area contributed by atoms with Crippen LogP contribution in [0.1, 0.15) is 12.0 Å². The summed E-state index contributed by atoms with van der Waals surface area (Å²) in [5.74, 6) is -1.64. The molecule has 22 heavy (non-hydrogen) atoms. The number of benzene rings is 1. The number of nitro groups is 1. The van der Waals surface area contributed by atoms with Gasteiger partial charge in [0.05, 0.1) is 9.83 Å². The van der Waals surface area contributed by atoms with Gasteiger partial charge in [0.15, 0.2) is 0 Å². The van der Waals surface area contributed by atoms with E-state index in [1.807, 2.05) is 0 Å². The smallest absolute Gasteiger partial charge is 0.269 e. The maximum atomic E-state index is 12.1. The van der Waals surface area contributed by atoms with E-state index >= 15 is 0 Å². The minimum atomic E-state index is -1.26. The van der Waals surface area contributed by atoms with Crippen LogP contribution in [0.25, 0.3) is 6.08 Å². The first-order valence-corrected chi connectivity index (χ1v) is 7.30. The van der Waals surface area contributed by atoms with Crippen LogP contribution in [0.4, 0.5) is 5.69 Å². The van der Waals surface area contributed by atoms with Crippen molar-refractivity contribution >= 4 is 51.9 Å². The predicted molar refractivity (Wildman–Crippen MR) is 82.6 cm³/mol. The van der Waals surface area contributed by atoms with E-state index in [-0.39, 0.29) is 28.9 Å². The first-order chi connectivity index (χ1) is 10.4. The summed E-state index contributed by atoms with van der Waals surface area (Å²) in [7, 11) is 0. The van der Waals surface area contributed by atoms with E-state index in [2.05, 4.69) is 0 Å². The normalized spacial score (nSPS) is 16.4. The lowest BCUT2D eigenvalue weighted by Gasteiger charge is -2.14. The van der Waals surface area contributed by atoms with Crippen LogP contribution in [0.3, 0.4) is 0 Å². The summed E-state index contributed by atoms with van der Waals surface area (Å²) >= 11 is 6.10. The van der Waals surface area contributed by atoms with Crippen LogP contribution < -0.4 is 5.11 Å². The predicted octanol–water partition coefficient (Wildman–Crippen LogP) is 0.936. The van der Waals surface area contributed by atoms with Gasteiger partial charge in [0.1, 0.15) is 4.32 Å². The molecule has 2 rings (SSSR count). The highest BCUT2D eigenvalue weighted by Crippen LogP contribution is 2.32. The topological polar surface area (TPSA) is 104 Å². The number of thiocarbonyl (C=S) groups is 1. The van der Waals surface area contributed by atoms with Gasteiger partial charge in [-0.1, -0.05) is 24.0 Å². The zero-order valence-electron chi connectivity index (χ0n) is 11.1. The SMILES string of the molecule is O=C([O-])CCN1C(=O)C(=Cc2ccc([N+](=O)[O-])cc2)SC1=S. The molecule has 1 aliphatic heterocycles. The molecule has 1 aromatic rings. The van der Waals surface area contributed by atoms with Gasteiger partial charge in [0.25, 0.3) is 11.6 Å². The lowest BCUT2D eigenvalue weighted by molar-refractivity contribution is -0.384. The van der Waals surface area contributed by atoms with Gasteiger partial charge in [0.2, 0.25) is 0 Å². The zero-order valence-corrected chi connectivity index (χ0v) is 12.7. The van der Waals surface area contributed by atoms with Crippen molar-refractivity contribution in [3.63, 3.8) is 0 Å².